The SMILES string of the molecule is CN(C)c1ccc2c(c1)OC(=C1OC(=O)c3ccc(N(C)C)cc31)C2=O. The molecule has 2 aliphatic rings. The van der Waals surface area contributed by atoms with Crippen LogP contribution in [0.2, 0.25) is 0 Å². The van der Waals surface area contributed by atoms with Crippen molar-refractivity contribution in [3.8, 4) is 5.75 Å². The van der Waals surface area contributed by atoms with Crippen LogP contribution in [0.25, 0.3) is 5.76 Å². The Morgan fingerprint density at radius 3 is 1.96 bits per heavy atom. The van der Waals surface area contributed by atoms with Gasteiger partial charge in [0.25, 0.3) is 0 Å². The molecule has 0 aliphatic carbocycles. The molecule has 0 N–H and O–H groups in total. The summed E-state index contributed by atoms with van der Waals surface area (Å²) in [6.45, 7) is 0. The molecule has 2 aromatic rings. The van der Waals surface area contributed by atoms with Gasteiger partial charge in [-0.05, 0) is 30.3 Å². The number of hydrogen-bond acceptors (Lipinski definition) is 6. The first-order valence-corrected chi connectivity index (χ1v) is 8.19. The Kier molecular flexibility index (Phi) is 3.50. The maximum atomic E-state index is 12.8. The standard InChI is InChI=1S/C20H18N2O4/c1-21(2)11-5-7-13-15(9-11)18(26-20(13)24)19-17(23)14-8-6-12(22(3)4)10-16(14)25-19/h5-10H,1-4H3. The summed E-state index contributed by atoms with van der Waals surface area (Å²) in [5.74, 6) is -0.0532. The van der Waals surface area contributed by atoms with Crippen LogP contribution in [0.1, 0.15) is 26.3 Å². The minimum absolute atomic E-state index is 0.0545. The molecular weight excluding hydrogens is 332 g/mol. The number of cyclic esters (lactones) is 1. The van der Waals surface area contributed by atoms with Crippen LogP contribution >= 0.6 is 0 Å². The third kappa shape index (κ3) is 2.34. The van der Waals surface area contributed by atoms with E-state index in [4.69, 9.17) is 9.47 Å². The second-order valence-electron chi connectivity index (χ2n) is 6.68. The van der Waals surface area contributed by atoms with Crippen LogP contribution in [0.3, 0.4) is 0 Å². The number of benzene rings is 2. The zero-order valence-electron chi connectivity index (χ0n) is 15.0. The van der Waals surface area contributed by atoms with Gasteiger partial charge in [-0.3, -0.25) is 4.79 Å². The molecule has 0 fully saturated rings. The molecule has 0 saturated carbocycles. The van der Waals surface area contributed by atoms with Crippen LogP contribution in [-0.2, 0) is 4.74 Å². The lowest BCUT2D eigenvalue weighted by atomic mass is 10.0. The Balaban J connectivity index is 1.83. The monoisotopic (exact) mass is 350 g/mol. The molecule has 132 valence electrons. The quantitative estimate of drug-likeness (QED) is 0.613. The van der Waals surface area contributed by atoms with Crippen molar-refractivity contribution >= 4 is 28.9 Å². The zero-order chi connectivity index (χ0) is 18.6. The maximum absolute atomic E-state index is 12.8. The number of hydrogen-bond donors (Lipinski definition) is 0. The van der Waals surface area contributed by atoms with Gasteiger partial charge in [-0.2, -0.15) is 0 Å². The van der Waals surface area contributed by atoms with Gasteiger partial charge in [-0.25, -0.2) is 4.79 Å². The molecule has 0 saturated heterocycles. The van der Waals surface area contributed by atoms with E-state index in [1.165, 1.54) is 0 Å². The summed E-state index contributed by atoms with van der Waals surface area (Å²) in [7, 11) is 7.63. The molecule has 0 radical (unpaired) electrons. The first kappa shape index (κ1) is 16.2. The fraction of sp³-hybridized carbons (Fsp3) is 0.200. The first-order chi connectivity index (χ1) is 12.4. The lowest BCUT2D eigenvalue weighted by Gasteiger charge is -2.13. The van der Waals surface area contributed by atoms with Crippen LogP contribution in [0.5, 0.6) is 5.75 Å². The molecule has 2 aliphatic heterocycles. The Bertz CT molecular complexity index is 989. The average Bonchev–Trinajstić information content (AvgIpc) is 3.11. The third-order valence-corrected chi connectivity index (χ3v) is 4.53. The van der Waals surface area contributed by atoms with Crippen LogP contribution < -0.4 is 14.5 Å². The van der Waals surface area contributed by atoms with Crippen molar-refractivity contribution in [1.29, 1.82) is 0 Å². The highest BCUT2D eigenvalue weighted by Gasteiger charge is 2.38. The predicted molar refractivity (Wildman–Crippen MR) is 98.8 cm³/mol. The second-order valence-corrected chi connectivity index (χ2v) is 6.68. The van der Waals surface area contributed by atoms with E-state index in [0.717, 1.165) is 11.4 Å². The Hall–Kier alpha value is -3.28. The maximum Gasteiger partial charge on any atom is 0.344 e. The summed E-state index contributed by atoms with van der Waals surface area (Å²) < 4.78 is 11.2. The smallest absolute Gasteiger partial charge is 0.344 e. The minimum Gasteiger partial charge on any atom is -0.448 e. The number of carbonyl (C=O) groups excluding carboxylic acids is 2. The second kappa shape index (κ2) is 5.62. The number of nitrogens with zero attached hydrogens (tertiary/aromatic N) is 2. The largest absolute Gasteiger partial charge is 0.448 e. The van der Waals surface area contributed by atoms with Crippen molar-refractivity contribution in [3.05, 3.63) is 58.8 Å². The predicted octanol–water partition coefficient (Wildman–Crippen LogP) is 2.93. The molecule has 0 spiro atoms. The van der Waals surface area contributed by atoms with Gasteiger partial charge in [0.1, 0.15) is 5.75 Å². The highest BCUT2D eigenvalue weighted by Crippen LogP contribution is 2.41. The van der Waals surface area contributed by atoms with Crippen molar-refractivity contribution < 1.29 is 19.1 Å². The normalized spacial score (nSPS) is 17.5. The molecule has 4 rings (SSSR count). The summed E-state index contributed by atoms with van der Waals surface area (Å²) in [4.78, 5) is 28.8. The van der Waals surface area contributed by atoms with Crippen LogP contribution in [0.4, 0.5) is 11.4 Å². The van der Waals surface area contributed by atoms with Crippen molar-refractivity contribution in [2.45, 2.75) is 0 Å². The van der Waals surface area contributed by atoms with E-state index in [1.807, 2.05) is 56.2 Å². The van der Waals surface area contributed by atoms with E-state index < -0.39 is 5.97 Å². The zero-order valence-corrected chi connectivity index (χ0v) is 15.0. The Labute approximate surface area is 151 Å². The molecule has 6 heteroatoms. The molecule has 6 nitrogen and oxygen atoms in total. The van der Waals surface area contributed by atoms with Gasteiger partial charge in [0.05, 0.1) is 11.1 Å². The van der Waals surface area contributed by atoms with Crippen molar-refractivity contribution in [2.75, 3.05) is 38.0 Å². The first-order valence-electron chi connectivity index (χ1n) is 8.19. The van der Waals surface area contributed by atoms with E-state index in [1.54, 1.807) is 18.2 Å². The van der Waals surface area contributed by atoms with Crippen molar-refractivity contribution in [3.63, 3.8) is 0 Å². The molecule has 0 bridgehead atoms. The van der Waals surface area contributed by atoms with Crippen molar-refractivity contribution in [1.82, 2.24) is 0 Å². The van der Waals surface area contributed by atoms with E-state index in [2.05, 4.69) is 0 Å². The fourth-order valence-electron chi connectivity index (χ4n) is 3.04. The molecule has 0 aromatic heterocycles. The van der Waals surface area contributed by atoms with E-state index in [-0.39, 0.29) is 17.3 Å². The van der Waals surface area contributed by atoms with Gasteiger partial charge in [0, 0.05) is 51.2 Å². The third-order valence-electron chi connectivity index (χ3n) is 4.53. The summed E-state index contributed by atoms with van der Waals surface area (Å²) in [5, 5.41) is 0. The molecule has 2 heterocycles. The minimum atomic E-state index is -0.478. The van der Waals surface area contributed by atoms with Crippen LogP contribution in [0, 0.1) is 0 Å². The van der Waals surface area contributed by atoms with E-state index >= 15 is 0 Å². The summed E-state index contributed by atoms with van der Waals surface area (Å²) in [5.41, 5.74) is 3.29. The van der Waals surface area contributed by atoms with Gasteiger partial charge in [0.15, 0.2) is 5.76 Å². The van der Waals surface area contributed by atoms with Gasteiger partial charge in [-0.15, -0.1) is 0 Å². The number of ether oxygens (including phenoxy) is 2. The molecule has 0 atom stereocenters. The van der Waals surface area contributed by atoms with Gasteiger partial charge < -0.3 is 19.3 Å². The molecule has 0 unspecified atom stereocenters. The summed E-state index contributed by atoms with van der Waals surface area (Å²) in [6.07, 6.45) is 0. The lowest BCUT2D eigenvalue weighted by molar-refractivity contribution is 0.0710. The highest BCUT2D eigenvalue weighted by atomic mass is 16.6. The topological polar surface area (TPSA) is 59.1 Å². The number of carbonyl (C=O) groups is 2. The van der Waals surface area contributed by atoms with Crippen LogP contribution in [-0.4, -0.2) is 39.9 Å². The Morgan fingerprint density at radius 1 is 0.692 bits per heavy atom. The number of ketones is 1. The molecule has 0 amide bonds. The number of fused-ring (bicyclic) bond motifs is 2. The van der Waals surface area contributed by atoms with Gasteiger partial charge in [-0.1, -0.05) is 0 Å². The number of allylic oxidation sites excluding steroid dienone is 1. The molecule has 26 heavy (non-hydrogen) atoms. The summed E-state index contributed by atoms with van der Waals surface area (Å²) >= 11 is 0. The average molecular weight is 350 g/mol. The number of anilines is 2. The fourth-order valence-corrected chi connectivity index (χ4v) is 3.04. The number of esters is 1. The van der Waals surface area contributed by atoms with Gasteiger partial charge in [0.2, 0.25) is 11.5 Å². The summed E-state index contributed by atoms with van der Waals surface area (Å²) in [6, 6.07) is 10.8. The van der Waals surface area contributed by atoms with E-state index in [9.17, 15) is 9.59 Å². The molecular formula is C20H18N2O4. The molecule has 2 aromatic carbocycles. The van der Waals surface area contributed by atoms with Crippen molar-refractivity contribution in [2.24, 2.45) is 0 Å². The number of rotatable bonds is 2. The lowest BCUT2D eigenvalue weighted by Crippen LogP contribution is -2.09. The Morgan fingerprint density at radius 2 is 1.31 bits per heavy atom. The van der Waals surface area contributed by atoms with Gasteiger partial charge >= 0.3 is 5.97 Å². The van der Waals surface area contributed by atoms with Crippen LogP contribution in [0.15, 0.2) is 42.2 Å². The number of Topliss-reactive ketones (excluding diaryl/α,β-unsaturated/α-hetero) is 1. The van der Waals surface area contributed by atoms with E-state index in [0.29, 0.717) is 22.4 Å². The highest BCUT2D eigenvalue weighted by molar-refractivity contribution is 6.18.